The Morgan fingerprint density at radius 3 is 2.71 bits per heavy atom. The molecule has 3 heteroatoms. The Kier molecular flexibility index (Phi) is 3.80. The zero-order chi connectivity index (χ0) is 17.1. The van der Waals surface area contributed by atoms with Crippen molar-refractivity contribution in [2.75, 3.05) is 13.7 Å². The Labute approximate surface area is 145 Å². The van der Waals surface area contributed by atoms with E-state index in [-0.39, 0.29) is 10.8 Å². The first-order valence-corrected chi connectivity index (χ1v) is 9.69. The summed E-state index contributed by atoms with van der Waals surface area (Å²) in [7, 11) is 1.79. The fourth-order valence-electron chi connectivity index (χ4n) is 7.04. The molecule has 3 fully saturated rings. The van der Waals surface area contributed by atoms with E-state index >= 15 is 0 Å². The Morgan fingerprint density at radius 2 is 1.96 bits per heavy atom. The van der Waals surface area contributed by atoms with Gasteiger partial charge in [-0.2, -0.15) is 0 Å². The molecule has 4 rings (SSSR count). The Bertz CT molecular complexity index is 606. The van der Waals surface area contributed by atoms with Crippen LogP contribution in [-0.2, 0) is 14.3 Å². The van der Waals surface area contributed by atoms with E-state index in [9.17, 15) is 9.59 Å². The average Bonchev–Trinajstić information content (AvgIpc) is 2.85. The molecule has 4 aliphatic carbocycles. The van der Waals surface area contributed by atoms with Gasteiger partial charge in [0.25, 0.3) is 0 Å². The molecule has 0 spiro atoms. The zero-order valence-corrected chi connectivity index (χ0v) is 15.3. The third-order valence-corrected chi connectivity index (χ3v) is 8.12. The molecule has 0 aromatic rings. The van der Waals surface area contributed by atoms with Crippen molar-refractivity contribution in [3.05, 3.63) is 11.6 Å². The summed E-state index contributed by atoms with van der Waals surface area (Å²) in [5.41, 5.74) is 1.31. The first kappa shape index (κ1) is 16.5. The summed E-state index contributed by atoms with van der Waals surface area (Å²) in [6.45, 7) is 5.25. The van der Waals surface area contributed by atoms with Crippen LogP contribution in [0.5, 0.6) is 0 Å². The molecular formula is C21H30O3. The van der Waals surface area contributed by atoms with Crippen molar-refractivity contribution < 1.29 is 14.3 Å². The van der Waals surface area contributed by atoms with Crippen LogP contribution in [0.4, 0.5) is 0 Å². The molecule has 3 nitrogen and oxygen atoms in total. The van der Waals surface area contributed by atoms with Gasteiger partial charge in [0, 0.05) is 30.8 Å². The van der Waals surface area contributed by atoms with Gasteiger partial charge in [-0.1, -0.05) is 19.4 Å². The molecule has 24 heavy (non-hydrogen) atoms. The smallest absolute Gasteiger partial charge is 0.155 e. The van der Waals surface area contributed by atoms with Gasteiger partial charge in [0.05, 0.1) is 6.61 Å². The molecule has 4 aliphatic rings. The second-order valence-electron chi connectivity index (χ2n) is 9.09. The molecule has 0 bridgehead atoms. The van der Waals surface area contributed by atoms with Gasteiger partial charge in [0.1, 0.15) is 5.78 Å². The minimum atomic E-state index is -0.0825. The summed E-state index contributed by atoms with van der Waals surface area (Å²) in [6, 6.07) is 0. The zero-order valence-electron chi connectivity index (χ0n) is 15.3. The van der Waals surface area contributed by atoms with Gasteiger partial charge in [0.2, 0.25) is 0 Å². The van der Waals surface area contributed by atoms with Crippen LogP contribution in [0, 0.1) is 34.5 Å². The second kappa shape index (κ2) is 5.52. The summed E-state index contributed by atoms with van der Waals surface area (Å²) in [5.74, 6) is 2.96. The quantitative estimate of drug-likeness (QED) is 0.770. The van der Waals surface area contributed by atoms with Crippen LogP contribution in [0.3, 0.4) is 0 Å². The lowest BCUT2D eigenvalue weighted by Gasteiger charge is -2.59. The molecule has 0 radical (unpaired) electrons. The van der Waals surface area contributed by atoms with E-state index in [2.05, 4.69) is 13.8 Å². The van der Waals surface area contributed by atoms with E-state index in [1.165, 1.54) is 5.57 Å². The first-order chi connectivity index (χ1) is 11.4. The largest absolute Gasteiger partial charge is 0.384 e. The maximum Gasteiger partial charge on any atom is 0.155 e. The highest BCUT2D eigenvalue weighted by molar-refractivity contribution is 5.92. The molecule has 0 unspecified atom stereocenters. The van der Waals surface area contributed by atoms with Crippen LogP contribution in [-0.4, -0.2) is 25.3 Å². The maximum atomic E-state index is 12.5. The second-order valence-corrected chi connectivity index (χ2v) is 9.09. The molecule has 0 aromatic carbocycles. The van der Waals surface area contributed by atoms with Crippen molar-refractivity contribution in [1.29, 1.82) is 0 Å². The number of carbonyl (C=O) groups is 2. The molecule has 0 N–H and O–H groups in total. The number of Topliss-reactive ketones (excluding diaryl/α,β-unsaturated/α-hetero) is 1. The first-order valence-electron chi connectivity index (χ1n) is 9.69. The van der Waals surface area contributed by atoms with Crippen molar-refractivity contribution in [2.24, 2.45) is 34.5 Å². The highest BCUT2D eigenvalue weighted by Crippen LogP contribution is 2.65. The predicted octanol–water partition coefficient (Wildman–Crippen LogP) is 3.96. The SMILES string of the molecule is COC[C@]12CCC(=O)C=C1[C@@H](C)C[C@@H]1[C@@H]2CC[C@]2(C)C(=O)CC[C@@H]12. The lowest BCUT2D eigenvalue weighted by atomic mass is 9.45. The third kappa shape index (κ3) is 2.06. The Balaban J connectivity index is 1.77. The maximum absolute atomic E-state index is 12.5. The number of rotatable bonds is 2. The fourth-order valence-corrected chi connectivity index (χ4v) is 7.04. The van der Waals surface area contributed by atoms with Crippen LogP contribution in [0.15, 0.2) is 11.6 Å². The molecule has 0 heterocycles. The fraction of sp³-hybridized carbons (Fsp3) is 0.810. The summed E-state index contributed by atoms with van der Waals surface area (Å²) in [4.78, 5) is 24.6. The van der Waals surface area contributed by atoms with Gasteiger partial charge < -0.3 is 4.74 Å². The highest BCUT2D eigenvalue weighted by Gasteiger charge is 2.61. The minimum absolute atomic E-state index is 0.0396. The van der Waals surface area contributed by atoms with Gasteiger partial charge in [0.15, 0.2) is 5.78 Å². The van der Waals surface area contributed by atoms with Crippen molar-refractivity contribution in [3.8, 4) is 0 Å². The minimum Gasteiger partial charge on any atom is -0.384 e. The van der Waals surface area contributed by atoms with Crippen molar-refractivity contribution in [1.82, 2.24) is 0 Å². The van der Waals surface area contributed by atoms with E-state index in [1.54, 1.807) is 7.11 Å². The molecule has 0 aliphatic heterocycles. The van der Waals surface area contributed by atoms with Crippen molar-refractivity contribution >= 4 is 11.6 Å². The van der Waals surface area contributed by atoms with Crippen LogP contribution >= 0.6 is 0 Å². The van der Waals surface area contributed by atoms with Gasteiger partial charge in [-0.25, -0.2) is 0 Å². The summed E-state index contributed by atoms with van der Waals surface area (Å²) in [5, 5.41) is 0. The predicted molar refractivity (Wildman–Crippen MR) is 92.5 cm³/mol. The number of fused-ring (bicyclic) bond motifs is 5. The average molecular weight is 330 g/mol. The molecule has 3 saturated carbocycles. The number of carbonyl (C=O) groups excluding carboxylic acids is 2. The molecular weight excluding hydrogens is 300 g/mol. The van der Waals surface area contributed by atoms with Crippen molar-refractivity contribution in [2.45, 2.75) is 58.8 Å². The van der Waals surface area contributed by atoms with E-state index in [1.807, 2.05) is 6.08 Å². The molecule has 132 valence electrons. The van der Waals surface area contributed by atoms with Gasteiger partial charge in [-0.3, -0.25) is 9.59 Å². The normalized spacial score (nSPS) is 47.7. The molecule has 6 atom stereocenters. The number of hydrogen-bond acceptors (Lipinski definition) is 3. The van der Waals surface area contributed by atoms with Crippen molar-refractivity contribution in [3.63, 3.8) is 0 Å². The van der Waals surface area contributed by atoms with E-state index in [4.69, 9.17) is 4.74 Å². The number of hydrogen-bond donors (Lipinski definition) is 0. The monoisotopic (exact) mass is 330 g/mol. The number of methoxy groups -OCH3 is 1. The number of ketones is 2. The van der Waals surface area contributed by atoms with Crippen LogP contribution < -0.4 is 0 Å². The lowest BCUT2D eigenvalue weighted by molar-refractivity contribution is -0.135. The molecule has 0 aromatic heterocycles. The Morgan fingerprint density at radius 1 is 1.17 bits per heavy atom. The highest BCUT2D eigenvalue weighted by atomic mass is 16.5. The van der Waals surface area contributed by atoms with Crippen LogP contribution in [0.2, 0.25) is 0 Å². The van der Waals surface area contributed by atoms with E-state index in [0.717, 1.165) is 45.1 Å². The van der Waals surface area contributed by atoms with Crippen LogP contribution in [0.1, 0.15) is 58.8 Å². The van der Waals surface area contributed by atoms with Gasteiger partial charge in [-0.05, 0) is 61.9 Å². The molecule has 0 amide bonds. The lowest BCUT2D eigenvalue weighted by Crippen LogP contribution is -2.55. The molecule has 0 saturated heterocycles. The standard InChI is InChI=1S/C21H30O3/c1-13-10-15-16-4-5-19(23)20(16,2)8-7-17(15)21(12-24-3)9-6-14(22)11-18(13)21/h11,13,15-17H,4-10,12H2,1-3H3/t13-,15-,16-,17-,20-,21-/m0/s1. The Hall–Kier alpha value is -0.960. The van der Waals surface area contributed by atoms with Crippen LogP contribution in [0.25, 0.3) is 0 Å². The topological polar surface area (TPSA) is 43.4 Å². The summed E-state index contributed by atoms with van der Waals surface area (Å²) < 4.78 is 5.71. The number of ether oxygens (including phenoxy) is 1. The summed E-state index contributed by atoms with van der Waals surface area (Å²) >= 11 is 0. The van der Waals surface area contributed by atoms with E-state index < -0.39 is 0 Å². The van der Waals surface area contributed by atoms with Gasteiger partial charge in [-0.15, -0.1) is 0 Å². The third-order valence-electron chi connectivity index (χ3n) is 8.12. The van der Waals surface area contributed by atoms with Gasteiger partial charge >= 0.3 is 0 Å². The van der Waals surface area contributed by atoms with E-state index in [0.29, 0.717) is 41.7 Å². The summed E-state index contributed by atoms with van der Waals surface area (Å²) in [6.07, 6.45) is 8.68.